The number of esters is 1. The summed E-state index contributed by atoms with van der Waals surface area (Å²) in [6, 6.07) is 7.81. The Labute approximate surface area is 259 Å². The van der Waals surface area contributed by atoms with E-state index < -0.39 is 35.6 Å². The average molecular weight is 608 g/mol. The zero-order valence-electron chi connectivity index (χ0n) is 25.6. The Morgan fingerprint density at radius 1 is 0.977 bits per heavy atom. The van der Waals surface area contributed by atoms with Gasteiger partial charge in [0, 0.05) is 32.7 Å². The topological polar surface area (TPSA) is 125 Å². The molecule has 0 radical (unpaired) electrons. The van der Waals surface area contributed by atoms with Gasteiger partial charge in [-0.25, -0.2) is 0 Å². The van der Waals surface area contributed by atoms with Gasteiger partial charge in [0.2, 0.25) is 17.7 Å². The number of benzene rings is 1. The number of nitrogens with zero attached hydrogens (tertiary/aromatic N) is 2. The molecule has 2 N–H and O–H groups in total. The minimum atomic E-state index is -1.23. The van der Waals surface area contributed by atoms with E-state index in [0.29, 0.717) is 38.9 Å². The lowest BCUT2D eigenvalue weighted by Crippen LogP contribution is -2.56. The third-order valence-electron chi connectivity index (χ3n) is 9.25. The maximum atomic E-state index is 14.5. The number of carbonyl (C=O) groups excluding carboxylic acids is 4. The monoisotopic (exact) mass is 607 g/mol. The first-order chi connectivity index (χ1) is 21.4. The van der Waals surface area contributed by atoms with Gasteiger partial charge < -0.3 is 29.7 Å². The van der Waals surface area contributed by atoms with Crippen molar-refractivity contribution in [3.8, 4) is 0 Å². The highest BCUT2D eigenvalue weighted by molar-refractivity contribution is 6.00. The molecule has 0 saturated carbocycles. The van der Waals surface area contributed by atoms with Crippen molar-refractivity contribution in [2.75, 3.05) is 32.8 Å². The Morgan fingerprint density at radius 3 is 2.55 bits per heavy atom. The van der Waals surface area contributed by atoms with Crippen molar-refractivity contribution < 1.29 is 33.8 Å². The predicted octanol–water partition coefficient (Wildman–Crippen LogP) is 3.07. The van der Waals surface area contributed by atoms with Crippen LogP contribution < -0.4 is 5.32 Å². The number of ether oxygens (including phenoxy) is 2. The number of nitrogens with one attached hydrogen (secondary N) is 1. The van der Waals surface area contributed by atoms with Crippen molar-refractivity contribution in [2.24, 2.45) is 11.8 Å². The molecule has 3 amide bonds. The van der Waals surface area contributed by atoms with Gasteiger partial charge >= 0.3 is 5.97 Å². The number of allylic oxidation sites excluding steroid dienone is 1. The van der Waals surface area contributed by atoms with E-state index in [2.05, 4.69) is 12.2 Å². The second-order valence-electron chi connectivity index (χ2n) is 12.2. The van der Waals surface area contributed by atoms with E-state index in [0.717, 1.165) is 31.2 Å². The van der Waals surface area contributed by atoms with E-state index in [1.807, 2.05) is 54.6 Å². The Morgan fingerprint density at radius 2 is 1.77 bits per heavy atom. The molecule has 10 heteroatoms. The summed E-state index contributed by atoms with van der Waals surface area (Å²) in [4.78, 5) is 58.8. The van der Waals surface area contributed by atoms with E-state index in [1.165, 1.54) is 0 Å². The van der Waals surface area contributed by atoms with Crippen molar-refractivity contribution in [1.82, 2.24) is 15.1 Å². The van der Waals surface area contributed by atoms with Crippen molar-refractivity contribution in [3.05, 3.63) is 60.2 Å². The number of amides is 3. The van der Waals surface area contributed by atoms with Crippen LogP contribution in [0.15, 0.2) is 54.6 Å². The molecule has 0 aromatic heterocycles. The largest absolute Gasteiger partial charge is 0.463 e. The van der Waals surface area contributed by atoms with Crippen LogP contribution in [0.25, 0.3) is 0 Å². The number of hydrogen-bond acceptors (Lipinski definition) is 7. The van der Waals surface area contributed by atoms with Gasteiger partial charge in [-0.3, -0.25) is 19.2 Å². The Balaban J connectivity index is 1.50. The van der Waals surface area contributed by atoms with Gasteiger partial charge in [0.25, 0.3) is 0 Å². The molecule has 2 fully saturated rings. The third-order valence-corrected chi connectivity index (χ3v) is 9.25. The summed E-state index contributed by atoms with van der Waals surface area (Å²) in [5.74, 6) is -2.85. The van der Waals surface area contributed by atoms with E-state index in [-0.39, 0.29) is 43.3 Å². The van der Waals surface area contributed by atoms with Gasteiger partial charge in [-0.1, -0.05) is 80.8 Å². The van der Waals surface area contributed by atoms with Crippen molar-refractivity contribution >= 4 is 23.7 Å². The average Bonchev–Trinajstić information content (AvgIpc) is 3.67. The maximum Gasteiger partial charge on any atom is 0.306 e. The molecule has 0 aliphatic carbocycles. The first kappa shape index (κ1) is 31.9. The number of fused-ring (bicyclic) bond motifs is 2. The molecule has 4 heterocycles. The molecule has 1 aromatic carbocycles. The molecule has 4 aliphatic heterocycles. The standard InChI is InChI=1S/C34H45N3O7/c1-2-3-19-36-20-11-7-10-16-27(39)43-23-25(24-14-8-6-9-15-24)35-31(40)28-26-17-18-34(44-26)29(28)32(41)37(30(34)33(36)42)21-12-4-5-13-22-38/h6-9,11,14-15,17-18,25-26,28-30,38H,2-5,10,12-13,16,19-23H2,1H3,(H,35,40)/b11-7-/t25-,26-,28+,29+,30-,34+/m0/s1. The first-order valence-corrected chi connectivity index (χ1v) is 16.1. The van der Waals surface area contributed by atoms with Crippen LogP contribution in [-0.2, 0) is 28.7 Å². The Kier molecular flexibility index (Phi) is 10.5. The molecular formula is C34H45N3O7. The minimum Gasteiger partial charge on any atom is -0.463 e. The highest BCUT2D eigenvalue weighted by atomic mass is 16.5. The number of cyclic esters (lactones) is 1. The van der Waals surface area contributed by atoms with E-state index in [1.54, 1.807) is 9.80 Å². The Bertz CT molecular complexity index is 1250. The van der Waals surface area contributed by atoms with Gasteiger partial charge in [0.15, 0.2) is 0 Å². The second kappa shape index (κ2) is 14.5. The van der Waals surface area contributed by atoms with Crippen LogP contribution in [0.3, 0.4) is 0 Å². The molecule has 238 valence electrons. The van der Waals surface area contributed by atoms with Crippen molar-refractivity contribution in [2.45, 2.75) is 82.1 Å². The number of unbranched alkanes of at least 4 members (excludes halogenated alkanes) is 4. The summed E-state index contributed by atoms with van der Waals surface area (Å²) in [6.07, 6.45) is 12.1. The molecule has 1 spiro atoms. The molecular weight excluding hydrogens is 562 g/mol. The lowest BCUT2D eigenvalue weighted by atomic mass is 9.74. The molecule has 2 saturated heterocycles. The van der Waals surface area contributed by atoms with Gasteiger partial charge in [-0.2, -0.15) is 0 Å². The van der Waals surface area contributed by atoms with E-state index in [9.17, 15) is 24.3 Å². The molecule has 10 nitrogen and oxygen atoms in total. The highest BCUT2D eigenvalue weighted by Gasteiger charge is 2.73. The molecule has 1 aromatic rings. The zero-order chi connectivity index (χ0) is 31.1. The smallest absolute Gasteiger partial charge is 0.306 e. The zero-order valence-corrected chi connectivity index (χ0v) is 25.6. The number of carbonyl (C=O) groups is 4. The molecule has 0 unspecified atom stereocenters. The molecule has 5 bridgehead atoms. The van der Waals surface area contributed by atoms with Crippen LogP contribution >= 0.6 is 0 Å². The van der Waals surface area contributed by atoms with E-state index >= 15 is 0 Å². The third kappa shape index (κ3) is 6.47. The Hall–Kier alpha value is -3.50. The summed E-state index contributed by atoms with van der Waals surface area (Å²) < 4.78 is 12.1. The molecule has 6 atom stereocenters. The quantitative estimate of drug-likeness (QED) is 0.238. The summed E-state index contributed by atoms with van der Waals surface area (Å²) in [5, 5.41) is 12.2. The van der Waals surface area contributed by atoms with Gasteiger partial charge in [-0.15, -0.1) is 0 Å². The molecule has 5 rings (SSSR count). The lowest BCUT2D eigenvalue weighted by molar-refractivity contribution is -0.148. The lowest BCUT2D eigenvalue weighted by Gasteiger charge is -2.36. The first-order valence-electron chi connectivity index (χ1n) is 16.1. The highest BCUT2D eigenvalue weighted by Crippen LogP contribution is 2.55. The number of rotatable bonds is 10. The fourth-order valence-electron chi connectivity index (χ4n) is 6.99. The van der Waals surface area contributed by atoms with Crippen LogP contribution in [0.5, 0.6) is 0 Å². The SMILES string of the molecule is CCCCN1C/C=C\CCC(=O)OC[C@@H](c2ccccc2)NC(=O)[C@@H]2[C@@H]3C=C[C@]4(O3)[C@H](C1=O)N(CCCCCCO)C(=O)[C@@H]24. The second-order valence-corrected chi connectivity index (χ2v) is 12.2. The predicted molar refractivity (Wildman–Crippen MR) is 163 cm³/mol. The summed E-state index contributed by atoms with van der Waals surface area (Å²) in [7, 11) is 0. The van der Waals surface area contributed by atoms with Crippen LogP contribution in [0.1, 0.15) is 69.9 Å². The van der Waals surface area contributed by atoms with E-state index in [4.69, 9.17) is 9.47 Å². The minimum absolute atomic E-state index is 0.0397. The van der Waals surface area contributed by atoms with Gasteiger partial charge in [0.1, 0.15) is 18.2 Å². The normalized spacial score (nSPS) is 31.3. The van der Waals surface area contributed by atoms with Crippen LogP contribution in [0.4, 0.5) is 0 Å². The summed E-state index contributed by atoms with van der Waals surface area (Å²) >= 11 is 0. The van der Waals surface area contributed by atoms with Gasteiger partial charge in [0.05, 0.1) is 24.0 Å². The van der Waals surface area contributed by atoms with Crippen LogP contribution in [-0.4, -0.2) is 89.2 Å². The fraction of sp³-hybridized carbons (Fsp3) is 0.588. The molecule has 4 aliphatic rings. The van der Waals surface area contributed by atoms with Crippen LogP contribution in [0.2, 0.25) is 0 Å². The number of likely N-dealkylation sites (tertiary alicyclic amines) is 1. The van der Waals surface area contributed by atoms with Crippen molar-refractivity contribution in [1.29, 1.82) is 0 Å². The maximum absolute atomic E-state index is 14.5. The summed E-state index contributed by atoms with van der Waals surface area (Å²) in [6.45, 7) is 3.38. The number of aliphatic hydroxyl groups excluding tert-OH is 1. The fourth-order valence-corrected chi connectivity index (χ4v) is 6.99. The van der Waals surface area contributed by atoms with Crippen LogP contribution in [0, 0.1) is 11.8 Å². The number of hydrogen-bond donors (Lipinski definition) is 2. The van der Waals surface area contributed by atoms with Gasteiger partial charge in [-0.05, 0) is 31.2 Å². The van der Waals surface area contributed by atoms with Crippen molar-refractivity contribution in [3.63, 3.8) is 0 Å². The summed E-state index contributed by atoms with van der Waals surface area (Å²) in [5.41, 5.74) is -0.453. The molecule has 44 heavy (non-hydrogen) atoms. The number of aliphatic hydroxyl groups is 1.